The molecule has 1 amide bonds. The van der Waals surface area contributed by atoms with Crippen LogP contribution in [0.4, 0.5) is 0 Å². The van der Waals surface area contributed by atoms with Gasteiger partial charge in [0.2, 0.25) is 0 Å². The maximum atomic E-state index is 12.5. The lowest BCUT2D eigenvalue weighted by Gasteiger charge is -2.33. The first-order valence-electron chi connectivity index (χ1n) is 7.28. The summed E-state index contributed by atoms with van der Waals surface area (Å²) in [5.41, 5.74) is 6.68. The number of halogens is 2. The normalized spacial score (nSPS) is 17.3. The molecule has 1 aliphatic rings. The number of carbonyl (C=O) groups excluding carboxylic acids is 1. The molecule has 0 radical (unpaired) electrons. The van der Waals surface area contributed by atoms with Crippen LogP contribution in [0, 0.1) is 5.92 Å². The first-order valence-corrected chi connectivity index (χ1v) is 8.08. The van der Waals surface area contributed by atoms with Gasteiger partial charge in [0.1, 0.15) is 5.58 Å². The second kappa shape index (κ2) is 7.02. The molecule has 0 saturated carbocycles. The molecule has 6 heteroatoms. The third kappa shape index (κ3) is 3.47. The Hall–Kier alpha value is -1.04. The van der Waals surface area contributed by atoms with Crippen LogP contribution >= 0.6 is 28.3 Å². The number of rotatable bonds is 2. The Labute approximate surface area is 144 Å². The molecule has 0 aliphatic carbocycles. The quantitative estimate of drug-likeness (QED) is 0.852. The summed E-state index contributed by atoms with van der Waals surface area (Å²) in [5.74, 6) is 0.911. The summed E-state index contributed by atoms with van der Waals surface area (Å²) in [7, 11) is 0. The first kappa shape index (κ1) is 17.3. The third-order valence-electron chi connectivity index (χ3n) is 4.26. The summed E-state index contributed by atoms with van der Waals surface area (Å²) in [5, 5.41) is 0.943. The maximum Gasteiger partial charge on any atom is 0.289 e. The van der Waals surface area contributed by atoms with Crippen molar-refractivity contribution in [3.8, 4) is 0 Å². The van der Waals surface area contributed by atoms with Gasteiger partial charge in [-0.15, -0.1) is 12.4 Å². The highest BCUT2D eigenvalue weighted by atomic mass is 79.9. The summed E-state index contributed by atoms with van der Waals surface area (Å²) in [6.45, 7) is 3.55. The number of hydrogen-bond donors (Lipinski definition) is 1. The summed E-state index contributed by atoms with van der Waals surface area (Å²) < 4.78 is 6.65. The molecule has 1 saturated heterocycles. The van der Waals surface area contributed by atoms with Crippen LogP contribution in [0.1, 0.15) is 30.3 Å². The monoisotopic (exact) mass is 386 g/mol. The minimum Gasteiger partial charge on any atom is -0.451 e. The molecule has 1 aliphatic heterocycles. The van der Waals surface area contributed by atoms with E-state index in [2.05, 4.69) is 15.9 Å². The zero-order chi connectivity index (χ0) is 15.0. The third-order valence-corrected chi connectivity index (χ3v) is 4.75. The number of carbonyl (C=O) groups is 1. The zero-order valence-corrected chi connectivity index (χ0v) is 14.8. The molecule has 1 unspecified atom stereocenters. The Morgan fingerprint density at radius 2 is 2.05 bits per heavy atom. The molecule has 4 nitrogen and oxygen atoms in total. The van der Waals surface area contributed by atoms with Gasteiger partial charge in [-0.05, 0) is 49.9 Å². The molecule has 1 aromatic carbocycles. The Balaban J connectivity index is 0.00000176. The predicted molar refractivity (Wildman–Crippen MR) is 93.4 cm³/mol. The second-order valence-electron chi connectivity index (χ2n) is 5.78. The number of piperidine rings is 1. The minimum absolute atomic E-state index is 0. The van der Waals surface area contributed by atoms with Crippen molar-refractivity contribution in [2.75, 3.05) is 13.1 Å². The van der Waals surface area contributed by atoms with Crippen LogP contribution in [-0.2, 0) is 0 Å². The molecule has 2 aromatic rings. The average Bonchev–Trinajstić information content (AvgIpc) is 2.89. The molecule has 1 aromatic heterocycles. The van der Waals surface area contributed by atoms with E-state index in [4.69, 9.17) is 10.2 Å². The summed E-state index contributed by atoms with van der Waals surface area (Å²) >= 11 is 3.43. The summed E-state index contributed by atoms with van der Waals surface area (Å²) in [4.78, 5) is 14.4. The van der Waals surface area contributed by atoms with Crippen LogP contribution in [0.3, 0.4) is 0 Å². The number of likely N-dealkylation sites (tertiary alicyclic amines) is 1. The molecule has 22 heavy (non-hydrogen) atoms. The molecule has 2 N–H and O–H groups in total. The Kier molecular flexibility index (Phi) is 5.53. The number of nitrogens with zero attached hydrogens (tertiary/aromatic N) is 1. The molecule has 1 atom stereocenters. The van der Waals surface area contributed by atoms with Crippen molar-refractivity contribution < 1.29 is 9.21 Å². The maximum absolute atomic E-state index is 12.5. The lowest BCUT2D eigenvalue weighted by Crippen LogP contribution is -2.42. The molecule has 2 heterocycles. The SMILES string of the molecule is CC(N)C1CCN(C(=O)c2cc3cc(Br)ccc3o2)CC1.Cl. The fourth-order valence-corrected chi connectivity index (χ4v) is 3.28. The fraction of sp³-hybridized carbons (Fsp3) is 0.438. The molecule has 3 rings (SSSR count). The lowest BCUT2D eigenvalue weighted by molar-refractivity contribution is 0.0651. The van der Waals surface area contributed by atoms with E-state index < -0.39 is 0 Å². The van der Waals surface area contributed by atoms with Crippen LogP contribution < -0.4 is 5.73 Å². The second-order valence-corrected chi connectivity index (χ2v) is 6.70. The number of furan rings is 1. The Bertz CT molecular complexity index is 663. The fourth-order valence-electron chi connectivity index (χ4n) is 2.90. The van der Waals surface area contributed by atoms with Gasteiger partial charge in [-0.3, -0.25) is 4.79 Å². The highest BCUT2D eigenvalue weighted by Gasteiger charge is 2.27. The Morgan fingerprint density at radius 1 is 1.36 bits per heavy atom. The van der Waals surface area contributed by atoms with E-state index in [9.17, 15) is 4.79 Å². The number of benzene rings is 1. The van der Waals surface area contributed by atoms with Gasteiger partial charge in [-0.25, -0.2) is 0 Å². The van der Waals surface area contributed by atoms with Gasteiger partial charge in [0.25, 0.3) is 5.91 Å². The van der Waals surface area contributed by atoms with Crippen molar-refractivity contribution in [2.24, 2.45) is 11.7 Å². The van der Waals surface area contributed by atoms with Crippen LogP contribution in [0.25, 0.3) is 11.0 Å². The molecular weight excluding hydrogens is 368 g/mol. The highest BCUT2D eigenvalue weighted by Crippen LogP contribution is 2.26. The topological polar surface area (TPSA) is 59.5 Å². The van der Waals surface area contributed by atoms with E-state index in [0.717, 1.165) is 41.4 Å². The largest absolute Gasteiger partial charge is 0.451 e. The molecule has 0 bridgehead atoms. The van der Waals surface area contributed by atoms with Crippen LogP contribution in [0.2, 0.25) is 0 Å². The van der Waals surface area contributed by atoms with Crippen LogP contribution in [0.5, 0.6) is 0 Å². The van der Waals surface area contributed by atoms with Gasteiger partial charge in [0, 0.05) is 29.0 Å². The average molecular weight is 388 g/mol. The number of nitrogens with two attached hydrogens (primary N) is 1. The lowest BCUT2D eigenvalue weighted by atomic mass is 9.91. The van der Waals surface area contributed by atoms with Crippen molar-refractivity contribution in [1.29, 1.82) is 0 Å². The zero-order valence-electron chi connectivity index (χ0n) is 12.4. The number of hydrogen-bond acceptors (Lipinski definition) is 3. The van der Waals surface area contributed by atoms with Gasteiger partial charge in [-0.2, -0.15) is 0 Å². The standard InChI is InChI=1S/C16H19BrN2O2.ClH/c1-10(18)11-4-6-19(7-5-11)16(20)15-9-12-8-13(17)2-3-14(12)21-15;/h2-3,8-11H,4-7,18H2,1H3;1H. The van der Waals surface area contributed by atoms with E-state index in [-0.39, 0.29) is 24.4 Å². The smallest absolute Gasteiger partial charge is 0.289 e. The Morgan fingerprint density at radius 3 is 2.68 bits per heavy atom. The number of fused-ring (bicyclic) bond motifs is 1. The van der Waals surface area contributed by atoms with E-state index in [1.165, 1.54) is 0 Å². The van der Waals surface area contributed by atoms with Gasteiger partial charge in [0.05, 0.1) is 0 Å². The van der Waals surface area contributed by atoms with Crippen molar-refractivity contribution >= 4 is 45.2 Å². The number of amides is 1. The van der Waals surface area contributed by atoms with Gasteiger partial charge < -0.3 is 15.1 Å². The predicted octanol–water partition coefficient (Wildman–Crippen LogP) is 3.82. The van der Waals surface area contributed by atoms with Crippen molar-refractivity contribution in [1.82, 2.24) is 4.90 Å². The van der Waals surface area contributed by atoms with Crippen molar-refractivity contribution in [3.63, 3.8) is 0 Å². The molecule has 120 valence electrons. The van der Waals surface area contributed by atoms with Crippen molar-refractivity contribution in [3.05, 3.63) is 34.5 Å². The minimum atomic E-state index is -0.0227. The van der Waals surface area contributed by atoms with E-state index in [0.29, 0.717) is 11.7 Å². The van der Waals surface area contributed by atoms with Crippen LogP contribution in [-0.4, -0.2) is 29.9 Å². The summed E-state index contributed by atoms with van der Waals surface area (Å²) in [6.07, 6.45) is 1.93. The summed E-state index contributed by atoms with van der Waals surface area (Å²) in [6, 6.07) is 7.76. The van der Waals surface area contributed by atoms with E-state index >= 15 is 0 Å². The van der Waals surface area contributed by atoms with Crippen molar-refractivity contribution in [2.45, 2.75) is 25.8 Å². The molecule has 0 spiro atoms. The first-order chi connectivity index (χ1) is 10.0. The van der Waals surface area contributed by atoms with Gasteiger partial charge in [-0.1, -0.05) is 15.9 Å². The highest BCUT2D eigenvalue weighted by molar-refractivity contribution is 9.10. The molecule has 1 fully saturated rings. The van der Waals surface area contributed by atoms with E-state index in [1.807, 2.05) is 36.1 Å². The van der Waals surface area contributed by atoms with Crippen LogP contribution in [0.15, 0.2) is 33.2 Å². The van der Waals surface area contributed by atoms with Gasteiger partial charge >= 0.3 is 0 Å². The van der Waals surface area contributed by atoms with E-state index in [1.54, 1.807) is 0 Å². The van der Waals surface area contributed by atoms with Gasteiger partial charge in [0.15, 0.2) is 5.76 Å². The molecular formula is C16H20BrClN2O2.